The number of carbonyl (C=O) groups excluding carboxylic acids is 1. The maximum Gasteiger partial charge on any atom is 0.254 e. The van der Waals surface area contributed by atoms with Crippen molar-refractivity contribution in [3.63, 3.8) is 0 Å². The average molecular weight is 380 g/mol. The molecular formula is C26H24N2O. The summed E-state index contributed by atoms with van der Waals surface area (Å²) in [4.78, 5) is 19.2. The fourth-order valence-corrected chi connectivity index (χ4v) is 4.49. The molecule has 2 heterocycles. The number of carbonyl (C=O) groups is 1. The molecule has 1 atom stereocenters. The zero-order valence-corrected chi connectivity index (χ0v) is 16.6. The van der Waals surface area contributed by atoms with Crippen LogP contribution in [0.3, 0.4) is 0 Å². The van der Waals surface area contributed by atoms with Crippen molar-refractivity contribution < 1.29 is 4.79 Å². The monoisotopic (exact) mass is 380 g/mol. The number of benzene rings is 3. The van der Waals surface area contributed by atoms with Crippen LogP contribution in [0.15, 0.2) is 78.9 Å². The molecule has 0 spiro atoms. The van der Waals surface area contributed by atoms with Gasteiger partial charge in [0.2, 0.25) is 0 Å². The predicted molar refractivity (Wildman–Crippen MR) is 117 cm³/mol. The molecule has 0 radical (unpaired) electrons. The van der Waals surface area contributed by atoms with Crippen LogP contribution in [0.2, 0.25) is 0 Å². The van der Waals surface area contributed by atoms with Gasteiger partial charge in [-0.25, -0.2) is 0 Å². The zero-order chi connectivity index (χ0) is 19.8. The van der Waals surface area contributed by atoms with E-state index >= 15 is 0 Å². The van der Waals surface area contributed by atoms with Crippen molar-refractivity contribution in [1.29, 1.82) is 0 Å². The van der Waals surface area contributed by atoms with Crippen LogP contribution in [-0.2, 0) is 12.8 Å². The topological polar surface area (TPSA) is 36.1 Å². The van der Waals surface area contributed by atoms with Gasteiger partial charge in [0.15, 0.2) is 0 Å². The number of para-hydroxylation sites is 1. The highest BCUT2D eigenvalue weighted by Gasteiger charge is 2.34. The van der Waals surface area contributed by atoms with Gasteiger partial charge < -0.3 is 9.88 Å². The number of hydrogen-bond donors (Lipinski definition) is 1. The second-order valence-electron chi connectivity index (χ2n) is 7.68. The standard InChI is InChI=1S/C26H24N2O/c1-2-18-12-14-20(15-13-18)26(29)28-17-16-22-21-10-6-7-11-23(21)27-24(22)25(28)19-8-4-3-5-9-19/h3-15,25,27H,2,16-17H2,1H3. The van der Waals surface area contributed by atoms with E-state index in [0.717, 1.165) is 35.2 Å². The number of nitrogens with zero attached hydrogens (tertiary/aromatic N) is 1. The molecule has 1 unspecified atom stereocenters. The van der Waals surface area contributed by atoms with Gasteiger partial charge in [-0.05, 0) is 47.7 Å². The number of rotatable bonds is 3. The Balaban J connectivity index is 1.62. The molecule has 4 aromatic rings. The number of aryl methyl sites for hydroxylation is 1. The van der Waals surface area contributed by atoms with Crippen LogP contribution in [0.25, 0.3) is 10.9 Å². The van der Waals surface area contributed by atoms with Crippen LogP contribution in [0, 0.1) is 0 Å². The number of aromatic nitrogens is 1. The van der Waals surface area contributed by atoms with Crippen LogP contribution >= 0.6 is 0 Å². The lowest BCUT2D eigenvalue weighted by atomic mass is 9.91. The van der Waals surface area contributed by atoms with Crippen molar-refractivity contribution in [1.82, 2.24) is 9.88 Å². The number of amides is 1. The van der Waals surface area contributed by atoms with Gasteiger partial charge in [0.1, 0.15) is 0 Å². The summed E-state index contributed by atoms with van der Waals surface area (Å²) in [5.74, 6) is 0.0887. The SMILES string of the molecule is CCc1ccc(C(=O)N2CCc3c([nH]c4ccccc34)C2c2ccccc2)cc1. The van der Waals surface area contributed by atoms with Gasteiger partial charge in [-0.2, -0.15) is 0 Å². The molecule has 1 aliphatic heterocycles. The van der Waals surface area contributed by atoms with Gasteiger partial charge in [-0.1, -0.05) is 67.6 Å². The van der Waals surface area contributed by atoms with Gasteiger partial charge in [-0.3, -0.25) is 4.79 Å². The number of nitrogens with one attached hydrogen (secondary N) is 1. The molecule has 1 aliphatic rings. The lowest BCUT2D eigenvalue weighted by Gasteiger charge is -2.36. The molecule has 1 N–H and O–H groups in total. The number of hydrogen-bond acceptors (Lipinski definition) is 1. The van der Waals surface area contributed by atoms with Crippen molar-refractivity contribution in [2.45, 2.75) is 25.8 Å². The normalized spacial score (nSPS) is 16.0. The highest BCUT2D eigenvalue weighted by Crippen LogP contribution is 2.39. The number of H-pyrrole nitrogens is 1. The third kappa shape index (κ3) is 3.03. The first-order valence-corrected chi connectivity index (χ1v) is 10.3. The Morgan fingerprint density at radius 2 is 1.69 bits per heavy atom. The summed E-state index contributed by atoms with van der Waals surface area (Å²) in [5, 5.41) is 1.27. The zero-order valence-electron chi connectivity index (χ0n) is 16.6. The lowest BCUT2D eigenvalue weighted by Crippen LogP contribution is -2.40. The van der Waals surface area contributed by atoms with E-state index in [9.17, 15) is 4.79 Å². The van der Waals surface area contributed by atoms with Crippen molar-refractivity contribution in [3.8, 4) is 0 Å². The van der Waals surface area contributed by atoms with Crippen LogP contribution < -0.4 is 0 Å². The molecule has 3 heteroatoms. The minimum atomic E-state index is -0.106. The van der Waals surface area contributed by atoms with Gasteiger partial charge in [0.25, 0.3) is 5.91 Å². The Morgan fingerprint density at radius 1 is 0.966 bits per heavy atom. The van der Waals surface area contributed by atoms with Crippen LogP contribution in [-0.4, -0.2) is 22.3 Å². The first kappa shape index (κ1) is 17.7. The Hall–Kier alpha value is -3.33. The van der Waals surface area contributed by atoms with Gasteiger partial charge in [-0.15, -0.1) is 0 Å². The van der Waals surface area contributed by atoms with E-state index < -0.39 is 0 Å². The van der Waals surface area contributed by atoms with Crippen molar-refractivity contribution in [2.75, 3.05) is 6.54 Å². The fourth-order valence-electron chi connectivity index (χ4n) is 4.49. The number of fused-ring (bicyclic) bond motifs is 3. The number of aromatic amines is 1. The lowest BCUT2D eigenvalue weighted by molar-refractivity contribution is 0.0692. The quantitative estimate of drug-likeness (QED) is 0.499. The smallest absolute Gasteiger partial charge is 0.254 e. The minimum Gasteiger partial charge on any atom is -0.356 e. The van der Waals surface area contributed by atoms with Crippen LogP contribution in [0.1, 0.15) is 45.7 Å². The van der Waals surface area contributed by atoms with Crippen molar-refractivity contribution >= 4 is 16.8 Å². The molecule has 0 saturated heterocycles. The summed E-state index contributed by atoms with van der Waals surface area (Å²) in [6.45, 7) is 2.84. The second kappa shape index (κ2) is 7.25. The summed E-state index contributed by atoms with van der Waals surface area (Å²) < 4.78 is 0. The van der Waals surface area contributed by atoms with E-state index in [2.05, 4.69) is 60.4 Å². The van der Waals surface area contributed by atoms with E-state index in [-0.39, 0.29) is 11.9 Å². The fraction of sp³-hybridized carbons (Fsp3) is 0.192. The highest BCUT2D eigenvalue weighted by molar-refractivity contribution is 5.95. The van der Waals surface area contributed by atoms with E-state index in [4.69, 9.17) is 0 Å². The maximum atomic E-state index is 13.5. The Bertz CT molecular complexity index is 1160. The highest BCUT2D eigenvalue weighted by atomic mass is 16.2. The molecule has 0 fully saturated rings. The summed E-state index contributed by atoms with van der Waals surface area (Å²) in [7, 11) is 0. The molecule has 3 nitrogen and oxygen atoms in total. The molecule has 3 aromatic carbocycles. The van der Waals surface area contributed by atoms with Crippen LogP contribution in [0.4, 0.5) is 0 Å². The summed E-state index contributed by atoms with van der Waals surface area (Å²) >= 11 is 0. The minimum absolute atomic E-state index is 0.0887. The third-order valence-electron chi connectivity index (χ3n) is 6.02. The molecule has 5 rings (SSSR count). The van der Waals surface area contributed by atoms with E-state index in [1.54, 1.807) is 0 Å². The largest absolute Gasteiger partial charge is 0.356 e. The van der Waals surface area contributed by atoms with Gasteiger partial charge in [0.05, 0.1) is 6.04 Å². The third-order valence-corrected chi connectivity index (χ3v) is 6.02. The van der Waals surface area contributed by atoms with E-state index in [1.165, 1.54) is 16.5 Å². The second-order valence-corrected chi connectivity index (χ2v) is 7.68. The van der Waals surface area contributed by atoms with E-state index in [1.807, 2.05) is 35.2 Å². The predicted octanol–water partition coefficient (Wildman–Crippen LogP) is 5.52. The molecule has 0 saturated carbocycles. The molecule has 0 aliphatic carbocycles. The Kier molecular flexibility index (Phi) is 4.44. The van der Waals surface area contributed by atoms with Crippen molar-refractivity contribution in [3.05, 3.63) is 107 Å². The molecule has 1 aromatic heterocycles. The maximum absolute atomic E-state index is 13.5. The Morgan fingerprint density at radius 3 is 2.45 bits per heavy atom. The molecule has 0 bridgehead atoms. The first-order valence-electron chi connectivity index (χ1n) is 10.3. The Labute approximate surface area is 171 Å². The first-order chi connectivity index (χ1) is 14.3. The van der Waals surface area contributed by atoms with Gasteiger partial charge in [0, 0.05) is 28.7 Å². The molecule has 29 heavy (non-hydrogen) atoms. The molecular weight excluding hydrogens is 356 g/mol. The summed E-state index contributed by atoms with van der Waals surface area (Å²) in [6, 6.07) is 26.7. The molecule has 1 amide bonds. The van der Waals surface area contributed by atoms with Crippen LogP contribution in [0.5, 0.6) is 0 Å². The van der Waals surface area contributed by atoms with Crippen molar-refractivity contribution in [2.24, 2.45) is 0 Å². The summed E-state index contributed by atoms with van der Waals surface area (Å²) in [6.07, 6.45) is 1.84. The van der Waals surface area contributed by atoms with E-state index in [0.29, 0.717) is 6.54 Å². The summed E-state index contributed by atoms with van der Waals surface area (Å²) in [5.41, 5.74) is 6.75. The average Bonchev–Trinajstić information content (AvgIpc) is 3.17. The van der Waals surface area contributed by atoms with Gasteiger partial charge >= 0.3 is 0 Å². The molecule has 144 valence electrons.